The number of halogens is 12. The summed E-state index contributed by atoms with van der Waals surface area (Å²) < 4.78 is 164. The minimum atomic E-state index is -7.63. The second-order valence-electron chi connectivity index (χ2n) is 6.32. The zero-order chi connectivity index (χ0) is 26.2. The van der Waals surface area contributed by atoms with Crippen LogP contribution in [0, 0.1) is 26.0 Å². The Morgan fingerprint density at radius 2 is 1.06 bits per heavy atom. The van der Waals surface area contributed by atoms with Gasteiger partial charge in [-0.3, -0.25) is 25.0 Å². The molecule has 1 fully saturated rings. The molecule has 2 rings (SSSR count). The summed E-state index contributed by atoms with van der Waals surface area (Å²) in [5.74, 6) is -44.2. The highest BCUT2D eigenvalue weighted by atomic mass is 19.4. The van der Waals surface area contributed by atoms with Gasteiger partial charge in [0.2, 0.25) is 5.82 Å². The van der Waals surface area contributed by atoms with Crippen LogP contribution in [0.25, 0.3) is 0 Å². The highest BCUT2D eigenvalue weighted by molar-refractivity contribution is 6.01. The molecule has 1 aromatic carbocycles. The summed E-state index contributed by atoms with van der Waals surface area (Å²) in [5.41, 5.74) is -12.9. The molecule has 0 atom stereocenters. The number of nitrogens with zero attached hydrogens (tertiary/aromatic N) is 2. The number of hydrogen-bond donors (Lipinski definition) is 1. The van der Waals surface area contributed by atoms with Crippen LogP contribution in [0.1, 0.15) is 0 Å². The Morgan fingerprint density at radius 3 is 1.42 bits per heavy atom. The van der Waals surface area contributed by atoms with E-state index in [2.05, 4.69) is 0 Å². The van der Waals surface area contributed by atoms with Crippen LogP contribution in [-0.2, 0) is 4.79 Å². The van der Waals surface area contributed by atoms with E-state index in [1.54, 1.807) is 0 Å². The number of benzene rings is 1. The molecule has 0 saturated heterocycles. The van der Waals surface area contributed by atoms with E-state index in [0.717, 1.165) is 0 Å². The second kappa shape index (κ2) is 6.83. The van der Waals surface area contributed by atoms with Crippen LogP contribution in [0.2, 0.25) is 0 Å². The lowest BCUT2D eigenvalue weighted by Gasteiger charge is -2.51. The van der Waals surface area contributed by atoms with Gasteiger partial charge in [-0.05, 0) is 0 Å². The van der Waals surface area contributed by atoms with Crippen LogP contribution in [0.15, 0.2) is 12.1 Å². The molecule has 0 unspecified atom stereocenters. The van der Waals surface area contributed by atoms with Crippen molar-refractivity contribution >= 4 is 23.0 Å². The largest absolute Gasteiger partial charge is 0.384 e. The molecule has 1 saturated carbocycles. The summed E-state index contributed by atoms with van der Waals surface area (Å²) >= 11 is 0. The zero-order valence-corrected chi connectivity index (χ0v) is 14.6. The van der Waals surface area contributed by atoms with Crippen molar-refractivity contribution in [2.75, 3.05) is 5.32 Å². The van der Waals surface area contributed by atoms with Crippen LogP contribution >= 0.6 is 0 Å². The van der Waals surface area contributed by atoms with E-state index >= 15 is 0 Å². The van der Waals surface area contributed by atoms with Crippen LogP contribution in [-0.4, -0.2) is 51.0 Å². The van der Waals surface area contributed by atoms with Crippen molar-refractivity contribution in [1.29, 1.82) is 0 Å². The maximum atomic E-state index is 14.6. The predicted octanol–water partition coefficient (Wildman–Crippen LogP) is 4.48. The van der Waals surface area contributed by atoms with E-state index in [0.29, 0.717) is 5.32 Å². The topological polar surface area (TPSA) is 115 Å². The van der Waals surface area contributed by atoms with E-state index in [1.807, 2.05) is 0 Å². The third-order valence-electron chi connectivity index (χ3n) is 4.46. The quantitative estimate of drug-likeness (QED) is 0.365. The van der Waals surface area contributed by atoms with Gasteiger partial charge in [-0.25, -0.2) is 4.39 Å². The van der Waals surface area contributed by atoms with Gasteiger partial charge in [0.05, 0.1) is 15.9 Å². The lowest BCUT2D eigenvalue weighted by atomic mass is 9.71. The monoisotopic (exact) mass is 509 g/mol. The van der Waals surface area contributed by atoms with Crippen molar-refractivity contribution in [3.63, 3.8) is 0 Å². The third-order valence-corrected chi connectivity index (χ3v) is 4.46. The van der Waals surface area contributed by atoms with E-state index in [1.165, 1.54) is 0 Å². The van der Waals surface area contributed by atoms with Gasteiger partial charge in [-0.15, -0.1) is 0 Å². The highest BCUT2D eigenvalue weighted by Crippen LogP contribution is 2.69. The van der Waals surface area contributed by atoms with E-state index < -0.39 is 80.0 Å². The minimum Gasteiger partial charge on any atom is -0.317 e. The first-order chi connectivity index (χ1) is 14.5. The first kappa shape index (κ1) is 25.9. The van der Waals surface area contributed by atoms with Crippen molar-refractivity contribution in [2.24, 2.45) is 0 Å². The number of carbonyl (C=O) groups is 1. The number of hydrogen-bond acceptors (Lipinski definition) is 5. The van der Waals surface area contributed by atoms with Gasteiger partial charge in [0.15, 0.2) is 0 Å². The molecule has 20 heteroatoms. The molecule has 184 valence electrons. The summed E-state index contributed by atoms with van der Waals surface area (Å²) in [6.45, 7) is 0. The first-order valence-corrected chi connectivity index (χ1v) is 7.55. The molecule has 1 amide bonds. The van der Waals surface area contributed by atoms with E-state index in [4.69, 9.17) is 0 Å². The molecule has 8 nitrogen and oxygen atoms in total. The average Bonchev–Trinajstić information content (AvgIpc) is 2.64. The number of nitrogens with one attached hydrogen (secondary N) is 1. The number of amides is 1. The van der Waals surface area contributed by atoms with Crippen LogP contribution in [0.4, 0.5) is 69.7 Å². The molecule has 0 radical (unpaired) electrons. The molecule has 0 spiro atoms. The number of carbonyl (C=O) groups excluding carboxylic acids is 1. The van der Waals surface area contributed by atoms with Gasteiger partial charge in [-0.2, -0.15) is 48.3 Å². The first-order valence-electron chi connectivity index (χ1n) is 7.55. The summed E-state index contributed by atoms with van der Waals surface area (Å²) in [6, 6.07) is -0.897. The zero-order valence-electron chi connectivity index (χ0n) is 14.6. The number of rotatable bonds is 4. The maximum Gasteiger partial charge on any atom is 0.384 e. The van der Waals surface area contributed by atoms with Crippen molar-refractivity contribution in [1.82, 2.24) is 0 Å². The molecule has 0 bridgehead atoms. The van der Waals surface area contributed by atoms with Crippen molar-refractivity contribution in [3.05, 3.63) is 38.2 Å². The van der Waals surface area contributed by atoms with E-state index in [9.17, 15) is 77.7 Å². The Labute approximate surface area is 170 Å². The molecule has 0 heterocycles. The van der Waals surface area contributed by atoms with Gasteiger partial charge in [0, 0.05) is 6.07 Å². The van der Waals surface area contributed by atoms with Gasteiger partial charge in [0.25, 0.3) is 11.6 Å². The molecule has 1 aliphatic rings. The SMILES string of the molecule is O=C(Nc1cc(F)c([N+](=O)[O-])cc1[N+](=O)[O-])C1(F)C(F)(F)C(F)(F)C(F)(F)C(F)(F)C1(F)F. The number of nitro groups is 2. The fourth-order valence-corrected chi connectivity index (χ4v) is 2.66. The second-order valence-corrected chi connectivity index (χ2v) is 6.32. The van der Waals surface area contributed by atoms with Crippen molar-refractivity contribution in [2.45, 2.75) is 35.3 Å². The van der Waals surface area contributed by atoms with E-state index in [-0.39, 0.29) is 6.07 Å². The number of alkyl halides is 11. The smallest absolute Gasteiger partial charge is 0.317 e. The average molecular weight is 509 g/mol. The molecular formula is C13H3F12N3O5. The molecular weight excluding hydrogens is 506 g/mol. The highest BCUT2D eigenvalue weighted by Gasteiger charge is 3.02. The summed E-state index contributed by atoms with van der Waals surface area (Å²) in [5, 5.41) is 21.8. The Morgan fingerprint density at radius 1 is 0.697 bits per heavy atom. The Balaban J connectivity index is 2.76. The summed E-state index contributed by atoms with van der Waals surface area (Å²) in [4.78, 5) is 29.8. The van der Waals surface area contributed by atoms with Gasteiger partial charge < -0.3 is 5.32 Å². The molecule has 0 aromatic heterocycles. The Hall–Kier alpha value is -3.35. The fraction of sp³-hybridized carbons (Fsp3) is 0.462. The molecule has 1 aromatic rings. The Kier molecular flexibility index (Phi) is 5.36. The maximum absolute atomic E-state index is 14.6. The molecule has 1 aliphatic carbocycles. The van der Waals surface area contributed by atoms with Gasteiger partial charge in [0.1, 0.15) is 5.69 Å². The third kappa shape index (κ3) is 2.84. The van der Waals surface area contributed by atoms with Gasteiger partial charge in [-0.1, -0.05) is 0 Å². The molecule has 1 N–H and O–H groups in total. The number of anilines is 1. The lowest BCUT2D eigenvalue weighted by molar-refractivity contribution is -0.475. The summed E-state index contributed by atoms with van der Waals surface area (Å²) in [7, 11) is 0. The minimum absolute atomic E-state index is 0.333. The standard InChI is InChI=1S/C13H3F12N3O5/c14-3-1-4(6(28(32)33)2-5(3)27(30)31)26-7(29)8(15)9(16,17)11(20,21)13(24,25)12(22,23)10(8,18)19/h1-2H,(H,26,29). The summed E-state index contributed by atoms with van der Waals surface area (Å²) in [6.07, 6.45) is 0. The fourth-order valence-electron chi connectivity index (χ4n) is 2.66. The predicted molar refractivity (Wildman–Crippen MR) is 76.9 cm³/mol. The molecule has 33 heavy (non-hydrogen) atoms. The lowest BCUT2D eigenvalue weighted by Crippen LogP contribution is -2.86. The van der Waals surface area contributed by atoms with Crippen molar-refractivity contribution < 1.29 is 67.3 Å². The van der Waals surface area contributed by atoms with Crippen LogP contribution in [0.5, 0.6) is 0 Å². The number of nitro benzene ring substituents is 2. The van der Waals surface area contributed by atoms with Crippen molar-refractivity contribution in [3.8, 4) is 0 Å². The Bertz CT molecular complexity index is 1030. The van der Waals surface area contributed by atoms with Crippen LogP contribution < -0.4 is 5.32 Å². The van der Waals surface area contributed by atoms with Crippen LogP contribution in [0.3, 0.4) is 0 Å². The molecule has 0 aliphatic heterocycles. The normalized spacial score (nSPS) is 23.4. The van der Waals surface area contributed by atoms with Gasteiger partial charge >= 0.3 is 41.0 Å².